The van der Waals surface area contributed by atoms with Crippen LogP contribution in [0.5, 0.6) is 0 Å². The molecule has 2 saturated heterocycles. The highest BCUT2D eigenvalue weighted by molar-refractivity contribution is 5.83. The maximum absolute atomic E-state index is 13.7. The largest absolute Gasteiger partial charge is 0.391 e. The first-order valence-electron chi connectivity index (χ1n) is 14.3. The van der Waals surface area contributed by atoms with Crippen molar-refractivity contribution in [2.45, 2.75) is 32.2 Å². The van der Waals surface area contributed by atoms with Gasteiger partial charge in [0.25, 0.3) is 0 Å². The molecule has 1 unspecified atom stereocenters. The van der Waals surface area contributed by atoms with Gasteiger partial charge in [0.2, 0.25) is 18.1 Å². The second-order valence-electron chi connectivity index (χ2n) is 11.2. The summed E-state index contributed by atoms with van der Waals surface area (Å²) in [6, 6.07) is 7.85. The minimum atomic E-state index is -0.870. The fraction of sp³-hybridized carbons (Fsp3) is 0.483. The van der Waals surface area contributed by atoms with Crippen molar-refractivity contribution in [3.8, 4) is 22.6 Å². The molecule has 5 heterocycles. The van der Waals surface area contributed by atoms with Crippen LogP contribution in [0.1, 0.15) is 31.9 Å². The number of aliphatic imine (C=N–C) groups is 1. The van der Waals surface area contributed by atoms with Crippen LogP contribution >= 0.6 is 0 Å². The zero-order valence-electron chi connectivity index (χ0n) is 23.5. The van der Waals surface area contributed by atoms with E-state index in [4.69, 9.17) is 19.4 Å². The molecule has 6 rings (SSSR count). The van der Waals surface area contributed by atoms with Gasteiger partial charge in [-0.25, -0.2) is 19.3 Å². The summed E-state index contributed by atoms with van der Waals surface area (Å²) in [5, 5.41) is 13.1. The number of hydrogen-bond donors (Lipinski definition) is 3. The molecule has 12 nitrogen and oxygen atoms in total. The number of rotatable bonds is 9. The first-order valence-corrected chi connectivity index (χ1v) is 14.3. The number of nitrogens with zero attached hydrogens (tertiary/aromatic N) is 6. The Hall–Kier alpha value is -3.94. The molecule has 0 radical (unpaired) electrons. The van der Waals surface area contributed by atoms with Gasteiger partial charge < -0.3 is 34.7 Å². The molecule has 1 atom stereocenters. The SMILES string of the molecule is CC1(C(=O)N2CCC(O)C2)COC(c2nc(-c3ccc(F)cc3)c(-c3ccnc(NCCCN4C=NCC4)n3)[nH]2)OC1. The highest BCUT2D eigenvalue weighted by Crippen LogP contribution is 2.36. The smallest absolute Gasteiger partial charge is 0.233 e. The predicted molar refractivity (Wildman–Crippen MR) is 153 cm³/mol. The Morgan fingerprint density at radius 1 is 1.19 bits per heavy atom. The third kappa shape index (κ3) is 6.13. The number of carbonyl (C=O) groups is 1. The van der Waals surface area contributed by atoms with E-state index in [-0.39, 0.29) is 24.9 Å². The first kappa shape index (κ1) is 28.2. The van der Waals surface area contributed by atoms with Gasteiger partial charge in [0.05, 0.1) is 54.7 Å². The van der Waals surface area contributed by atoms with Gasteiger partial charge in [-0.05, 0) is 50.1 Å². The van der Waals surface area contributed by atoms with E-state index in [2.05, 4.69) is 25.2 Å². The number of halogens is 1. The maximum atomic E-state index is 13.7. The Balaban J connectivity index is 1.19. The van der Waals surface area contributed by atoms with Crippen LogP contribution in [-0.4, -0.2) is 106 Å². The van der Waals surface area contributed by atoms with Crippen molar-refractivity contribution in [3.05, 3.63) is 48.2 Å². The molecular weight excluding hydrogens is 543 g/mol. The number of H-pyrrole nitrogens is 1. The number of nitrogens with one attached hydrogen (secondary N) is 2. The fourth-order valence-electron chi connectivity index (χ4n) is 5.36. The molecule has 3 aliphatic rings. The van der Waals surface area contributed by atoms with Gasteiger partial charge in [-0.1, -0.05) is 0 Å². The number of imidazole rings is 1. The van der Waals surface area contributed by atoms with Crippen molar-refractivity contribution < 1.29 is 23.8 Å². The molecule has 0 saturated carbocycles. The highest BCUT2D eigenvalue weighted by atomic mass is 19.1. The van der Waals surface area contributed by atoms with Crippen LogP contribution in [0.3, 0.4) is 0 Å². The van der Waals surface area contributed by atoms with Crippen molar-refractivity contribution in [2.75, 3.05) is 57.8 Å². The van der Waals surface area contributed by atoms with Crippen molar-refractivity contribution in [1.82, 2.24) is 29.7 Å². The fourth-order valence-corrected chi connectivity index (χ4v) is 5.36. The van der Waals surface area contributed by atoms with E-state index in [0.29, 0.717) is 60.5 Å². The molecule has 1 aromatic carbocycles. The summed E-state index contributed by atoms with van der Waals surface area (Å²) < 4.78 is 25.8. The van der Waals surface area contributed by atoms with Crippen molar-refractivity contribution in [3.63, 3.8) is 0 Å². The molecule has 13 heteroatoms. The average Bonchev–Trinajstić information content (AvgIpc) is 3.78. The van der Waals surface area contributed by atoms with Crippen LogP contribution in [-0.2, 0) is 14.3 Å². The van der Waals surface area contributed by atoms with Gasteiger partial charge in [0.15, 0.2) is 5.82 Å². The Labute approximate surface area is 243 Å². The third-order valence-electron chi connectivity index (χ3n) is 7.71. The lowest BCUT2D eigenvalue weighted by atomic mass is 9.90. The van der Waals surface area contributed by atoms with E-state index in [1.165, 1.54) is 12.1 Å². The number of ether oxygens (including phenoxy) is 2. The number of aliphatic hydroxyl groups is 1. The molecule has 0 spiro atoms. The molecule has 2 fully saturated rings. The number of aromatic nitrogens is 4. The predicted octanol–water partition coefficient (Wildman–Crippen LogP) is 2.46. The second kappa shape index (κ2) is 12.1. The standard InChI is InChI=1S/C29H35FN8O4/c1-29(27(40)38-13-8-21(39)15-38)16-41-26(42-17-29)25-35-23(19-3-5-20(30)6-4-19)24(36-25)22-7-10-33-28(34-22)32-9-2-12-37-14-11-31-18-37/h3-7,10,18,21,26,39H,2,8-9,11-17H2,1H3,(H,35,36)(H,32,33,34). The average molecular weight is 579 g/mol. The van der Waals surface area contributed by atoms with E-state index in [0.717, 1.165) is 26.1 Å². The first-order chi connectivity index (χ1) is 20.4. The molecule has 3 aromatic rings. The van der Waals surface area contributed by atoms with Gasteiger partial charge in [-0.15, -0.1) is 0 Å². The number of benzene rings is 1. The van der Waals surface area contributed by atoms with Crippen LogP contribution in [0.2, 0.25) is 0 Å². The minimum absolute atomic E-state index is 0.0980. The molecule has 0 bridgehead atoms. The third-order valence-corrected chi connectivity index (χ3v) is 7.71. The quantitative estimate of drug-likeness (QED) is 0.327. The molecule has 2 aromatic heterocycles. The molecular formula is C29H35FN8O4. The van der Waals surface area contributed by atoms with Gasteiger partial charge in [0, 0.05) is 44.5 Å². The lowest BCUT2D eigenvalue weighted by molar-refractivity contribution is -0.234. The molecule has 3 N–H and O–H groups in total. The highest BCUT2D eigenvalue weighted by Gasteiger charge is 2.44. The van der Waals surface area contributed by atoms with Crippen LogP contribution in [0.25, 0.3) is 22.6 Å². The number of aliphatic hydroxyl groups excluding tert-OH is 1. The number of hydrogen-bond acceptors (Lipinski definition) is 10. The normalized spacial score (nSPS) is 24.0. The summed E-state index contributed by atoms with van der Waals surface area (Å²) in [6.07, 6.45) is 3.71. The molecule has 222 valence electrons. The van der Waals surface area contributed by atoms with E-state index >= 15 is 0 Å². The lowest BCUT2D eigenvalue weighted by Gasteiger charge is -2.37. The van der Waals surface area contributed by atoms with Gasteiger partial charge in [-0.2, -0.15) is 0 Å². The Kier molecular flexibility index (Phi) is 8.13. The topological polar surface area (TPSA) is 141 Å². The Bertz CT molecular complexity index is 1420. The van der Waals surface area contributed by atoms with Gasteiger partial charge in [-0.3, -0.25) is 9.79 Å². The van der Waals surface area contributed by atoms with E-state index in [9.17, 15) is 14.3 Å². The summed E-state index contributed by atoms with van der Waals surface area (Å²) >= 11 is 0. The number of anilines is 1. The van der Waals surface area contributed by atoms with Gasteiger partial charge in [0.1, 0.15) is 5.82 Å². The van der Waals surface area contributed by atoms with E-state index < -0.39 is 17.8 Å². The van der Waals surface area contributed by atoms with Crippen LogP contribution in [0.4, 0.5) is 10.3 Å². The van der Waals surface area contributed by atoms with E-state index in [1.54, 1.807) is 29.3 Å². The summed E-state index contributed by atoms with van der Waals surface area (Å²) in [7, 11) is 0. The van der Waals surface area contributed by atoms with Crippen LogP contribution in [0.15, 0.2) is 41.5 Å². The summed E-state index contributed by atoms with van der Waals surface area (Å²) in [6.45, 7) is 6.32. The zero-order chi connectivity index (χ0) is 29.1. The summed E-state index contributed by atoms with van der Waals surface area (Å²) in [4.78, 5) is 38.4. The Morgan fingerprint density at radius 2 is 2.00 bits per heavy atom. The molecule has 3 aliphatic heterocycles. The van der Waals surface area contributed by atoms with Crippen molar-refractivity contribution >= 4 is 18.2 Å². The number of β-amino-alcohol motifs (C(OH)–C–C–N with tert-alkyl or cyclic N) is 1. The van der Waals surface area contributed by atoms with E-state index in [1.807, 2.05) is 13.3 Å². The Morgan fingerprint density at radius 3 is 2.71 bits per heavy atom. The van der Waals surface area contributed by atoms with Crippen LogP contribution < -0.4 is 5.32 Å². The van der Waals surface area contributed by atoms with Crippen molar-refractivity contribution in [1.29, 1.82) is 0 Å². The molecule has 42 heavy (non-hydrogen) atoms. The number of amides is 1. The monoisotopic (exact) mass is 578 g/mol. The number of likely N-dealkylation sites (tertiary alicyclic amines) is 1. The number of carbonyl (C=O) groups excluding carboxylic acids is 1. The molecule has 0 aliphatic carbocycles. The lowest BCUT2D eigenvalue weighted by Crippen LogP contribution is -2.49. The van der Waals surface area contributed by atoms with Crippen molar-refractivity contribution in [2.24, 2.45) is 10.4 Å². The van der Waals surface area contributed by atoms with Crippen LogP contribution in [0, 0.1) is 11.2 Å². The second-order valence-corrected chi connectivity index (χ2v) is 11.2. The number of aromatic amines is 1. The zero-order valence-corrected chi connectivity index (χ0v) is 23.5. The molecule has 1 amide bonds. The minimum Gasteiger partial charge on any atom is -0.391 e. The summed E-state index contributed by atoms with van der Waals surface area (Å²) in [5.41, 5.74) is 1.59. The van der Waals surface area contributed by atoms with Gasteiger partial charge >= 0.3 is 0 Å². The summed E-state index contributed by atoms with van der Waals surface area (Å²) in [5.74, 6) is 0.448. The maximum Gasteiger partial charge on any atom is 0.233 e.